The van der Waals surface area contributed by atoms with Crippen molar-refractivity contribution in [3.63, 3.8) is 0 Å². The Labute approximate surface area is 415 Å². The van der Waals surface area contributed by atoms with Crippen molar-refractivity contribution in [3.05, 3.63) is 51.2 Å². The van der Waals surface area contributed by atoms with Gasteiger partial charge in [0.15, 0.2) is 21.7 Å². The maximum Gasteiger partial charge on any atom is 0.297 e. The monoisotopic (exact) mass is 1020 g/mol. The number of anilines is 6. The molecule has 0 fully saturated rings. The highest BCUT2D eigenvalue weighted by atomic mass is 32.2. The summed E-state index contributed by atoms with van der Waals surface area (Å²) in [5, 5.41) is 25.9. The van der Waals surface area contributed by atoms with Crippen molar-refractivity contribution in [3.8, 4) is 11.5 Å². The standard InChI is InChI=1S/C47H59N11O7S4/c1-12-57(13-2)32-18-28(30(20-36(32)64-10)53-55-38-17-26-22-46(6,7)24-34(59)39(26)67-38)48-43-50-44(52-45(51-43)66-16-5)49-29-19-33(58(14-3)15-4)37(65-11)21-31(29)54-56-42-41(69(61,62)63)27-23-47(8,9)25-35(60)40(27)68-42/h17-21H,12-16,22-25H2,1-11H3,(H,61,62,63)(H2,48,49,50,51,52). The molecule has 3 heterocycles. The highest BCUT2D eigenvalue weighted by Gasteiger charge is 2.39. The molecule has 3 N–H and O–H groups in total. The van der Waals surface area contributed by atoms with Crippen LogP contribution >= 0.6 is 34.4 Å². The first-order valence-corrected chi connectivity index (χ1v) is 26.8. The van der Waals surface area contributed by atoms with E-state index in [0.29, 0.717) is 77.1 Å². The molecule has 18 nitrogen and oxygen atoms in total. The van der Waals surface area contributed by atoms with Gasteiger partial charge >= 0.3 is 0 Å². The zero-order valence-corrected chi connectivity index (χ0v) is 44.1. The fourth-order valence-electron chi connectivity index (χ4n) is 8.67. The summed E-state index contributed by atoms with van der Waals surface area (Å²) < 4.78 is 48.0. The topological polar surface area (TPSA) is 226 Å². The summed E-state index contributed by atoms with van der Waals surface area (Å²) >= 11 is 3.63. The van der Waals surface area contributed by atoms with Crippen LogP contribution in [0, 0.1) is 10.8 Å². The van der Waals surface area contributed by atoms with Crippen LogP contribution in [0.5, 0.6) is 11.5 Å². The van der Waals surface area contributed by atoms with E-state index in [9.17, 15) is 22.6 Å². The van der Waals surface area contributed by atoms with Gasteiger partial charge in [0.1, 0.15) is 32.8 Å². The van der Waals surface area contributed by atoms with E-state index in [0.717, 1.165) is 39.6 Å². The Bertz CT molecular complexity index is 2940. The number of aromatic nitrogens is 3. The number of thioether (sulfide) groups is 1. The van der Waals surface area contributed by atoms with Crippen LogP contribution in [0.1, 0.15) is 106 Å². The number of rotatable bonds is 19. The van der Waals surface area contributed by atoms with Crippen molar-refractivity contribution in [1.29, 1.82) is 0 Å². The molecule has 0 amide bonds. The van der Waals surface area contributed by atoms with Gasteiger partial charge in [-0.15, -0.1) is 43.1 Å². The molecule has 0 spiro atoms. The number of benzene rings is 2. The molecule has 22 heteroatoms. The number of nitrogens with one attached hydrogen (secondary N) is 2. The Morgan fingerprint density at radius 2 is 1.20 bits per heavy atom. The minimum atomic E-state index is -4.80. The third kappa shape index (κ3) is 11.4. The molecule has 69 heavy (non-hydrogen) atoms. The average Bonchev–Trinajstić information content (AvgIpc) is 3.87. The van der Waals surface area contributed by atoms with Gasteiger partial charge < -0.3 is 29.9 Å². The molecule has 2 aliphatic carbocycles. The Morgan fingerprint density at radius 1 is 0.696 bits per heavy atom. The van der Waals surface area contributed by atoms with Crippen molar-refractivity contribution in [2.75, 3.05) is 66.6 Å². The van der Waals surface area contributed by atoms with Crippen LogP contribution in [0.15, 0.2) is 60.8 Å². The van der Waals surface area contributed by atoms with Crippen LogP contribution < -0.4 is 29.9 Å². The van der Waals surface area contributed by atoms with Crippen LogP contribution in [-0.4, -0.2) is 85.6 Å². The number of carbonyl (C=O) groups is 2. The lowest BCUT2D eigenvalue weighted by Crippen LogP contribution is -2.26. The van der Waals surface area contributed by atoms with Gasteiger partial charge in [0, 0.05) is 51.2 Å². The normalized spacial score (nSPS) is 15.4. The first kappa shape index (κ1) is 51.3. The highest BCUT2D eigenvalue weighted by Crippen LogP contribution is 2.49. The van der Waals surface area contributed by atoms with Gasteiger partial charge in [-0.05, 0) is 86.4 Å². The largest absolute Gasteiger partial charge is 0.494 e. The fourth-order valence-corrected chi connectivity index (χ4v) is 12.4. The number of fused-ring (bicyclic) bond motifs is 2. The third-order valence-electron chi connectivity index (χ3n) is 11.8. The number of Topliss-reactive ketones (excluding diaryl/α,β-unsaturated/α-hetero) is 2. The molecule has 0 aliphatic heterocycles. The molecule has 7 rings (SSSR count). The van der Waals surface area contributed by atoms with E-state index in [1.54, 1.807) is 26.4 Å². The van der Waals surface area contributed by atoms with E-state index in [4.69, 9.17) is 29.5 Å². The van der Waals surface area contributed by atoms with Crippen LogP contribution in [-0.2, 0) is 23.0 Å². The quantitative estimate of drug-likeness (QED) is 0.0397. The predicted molar refractivity (Wildman–Crippen MR) is 276 cm³/mol. The SMILES string of the molecule is CCSc1nc(Nc2cc(N(CC)CC)c(OC)cc2N=Nc2cc3c(s2)C(=O)CC(C)(C)C3)nc(Nc2cc(N(CC)CC)c(OC)cc2N=Nc2sc3c(c2S(=O)(=O)O)CC(C)(C)CC3=O)n1. The second kappa shape index (κ2) is 20.8. The Hall–Kier alpha value is -5.55. The molecule has 5 aromatic rings. The Balaban J connectivity index is 1.32. The maximum absolute atomic E-state index is 13.2. The summed E-state index contributed by atoms with van der Waals surface area (Å²) in [5.74, 6) is 1.93. The molecule has 368 valence electrons. The molecule has 2 aromatic carbocycles. The summed E-state index contributed by atoms with van der Waals surface area (Å²) in [4.78, 5) is 45.5. The van der Waals surface area contributed by atoms with Gasteiger partial charge in [0.25, 0.3) is 10.1 Å². The van der Waals surface area contributed by atoms with Crippen LogP contribution in [0.2, 0.25) is 0 Å². The Kier molecular flexibility index (Phi) is 15.5. The van der Waals surface area contributed by atoms with E-state index < -0.39 is 20.4 Å². The molecule has 2 aliphatic rings. The number of ether oxygens (including phenoxy) is 2. The Morgan fingerprint density at radius 3 is 1.70 bits per heavy atom. The number of nitrogens with zero attached hydrogens (tertiary/aromatic N) is 9. The van der Waals surface area contributed by atoms with Crippen molar-refractivity contribution in [1.82, 2.24) is 15.0 Å². The van der Waals surface area contributed by atoms with Crippen LogP contribution in [0.3, 0.4) is 0 Å². The minimum Gasteiger partial charge on any atom is -0.494 e. The zero-order chi connectivity index (χ0) is 50.0. The fraction of sp³-hybridized carbons (Fsp3) is 0.468. The molecule has 0 saturated carbocycles. The molecule has 0 bridgehead atoms. The number of azo groups is 2. The van der Waals surface area contributed by atoms with Gasteiger partial charge in [0.05, 0.1) is 46.7 Å². The van der Waals surface area contributed by atoms with E-state index >= 15 is 0 Å². The third-order valence-corrected chi connectivity index (χ3v) is 15.9. The summed E-state index contributed by atoms with van der Waals surface area (Å²) in [6.45, 7) is 20.8. The number of methoxy groups -OCH3 is 2. The van der Waals surface area contributed by atoms with E-state index in [1.165, 1.54) is 23.1 Å². The lowest BCUT2D eigenvalue weighted by molar-refractivity contribution is 0.0907. The molecule has 0 saturated heterocycles. The molecule has 0 radical (unpaired) electrons. The molecular formula is C47H59N11O7S4. The number of hydrogen-bond acceptors (Lipinski definition) is 20. The average molecular weight is 1020 g/mol. The minimum absolute atomic E-state index is 0.114. The predicted octanol–water partition coefficient (Wildman–Crippen LogP) is 12.7. The van der Waals surface area contributed by atoms with Crippen molar-refractivity contribution >= 4 is 112 Å². The van der Waals surface area contributed by atoms with Gasteiger partial charge in [0.2, 0.25) is 11.9 Å². The maximum atomic E-state index is 13.2. The van der Waals surface area contributed by atoms with E-state index in [2.05, 4.69) is 63.5 Å². The first-order chi connectivity index (χ1) is 32.7. The van der Waals surface area contributed by atoms with Gasteiger partial charge in [-0.2, -0.15) is 23.4 Å². The van der Waals surface area contributed by atoms with E-state index in [1.807, 2.05) is 52.8 Å². The van der Waals surface area contributed by atoms with Crippen molar-refractivity contribution < 1.29 is 32.0 Å². The molecule has 3 aromatic heterocycles. The van der Waals surface area contributed by atoms with E-state index in [-0.39, 0.29) is 62.8 Å². The summed E-state index contributed by atoms with van der Waals surface area (Å²) in [5.41, 5.74) is 3.70. The number of ketones is 2. The molecule has 0 atom stereocenters. The number of thiophene rings is 2. The lowest BCUT2D eigenvalue weighted by Gasteiger charge is -2.28. The highest BCUT2D eigenvalue weighted by molar-refractivity contribution is 7.99. The van der Waals surface area contributed by atoms with Crippen molar-refractivity contribution in [2.45, 2.75) is 98.0 Å². The van der Waals surface area contributed by atoms with Gasteiger partial charge in [-0.1, -0.05) is 46.4 Å². The summed E-state index contributed by atoms with van der Waals surface area (Å²) in [6, 6.07) is 9.16. The smallest absolute Gasteiger partial charge is 0.297 e. The number of carbonyl (C=O) groups excluding carboxylic acids is 2. The second-order valence-corrected chi connectivity index (χ2v) is 22.7. The summed E-state index contributed by atoms with van der Waals surface area (Å²) in [7, 11) is -1.65. The van der Waals surface area contributed by atoms with Gasteiger partial charge in [-0.3, -0.25) is 14.1 Å². The van der Waals surface area contributed by atoms with Crippen molar-refractivity contribution in [2.24, 2.45) is 31.3 Å². The molecule has 0 unspecified atom stereocenters. The zero-order valence-electron chi connectivity index (χ0n) is 40.8. The first-order valence-electron chi connectivity index (χ1n) is 22.8. The lowest BCUT2D eigenvalue weighted by atomic mass is 9.76. The number of hydrogen-bond donors (Lipinski definition) is 3. The van der Waals surface area contributed by atoms with Gasteiger partial charge in [-0.25, -0.2) is 0 Å². The summed E-state index contributed by atoms with van der Waals surface area (Å²) in [6.07, 6.45) is 1.74. The second-order valence-electron chi connectivity index (χ2n) is 18.1. The molecular weight excluding hydrogens is 959 g/mol. The van der Waals surface area contributed by atoms with Crippen LogP contribution in [0.25, 0.3) is 0 Å². The van der Waals surface area contributed by atoms with Crippen LogP contribution in [0.4, 0.5) is 56.0 Å².